The van der Waals surface area contributed by atoms with Crippen molar-refractivity contribution in [3.63, 3.8) is 0 Å². The van der Waals surface area contributed by atoms with Crippen LogP contribution in [0.15, 0.2) is 47.4 Å². The van der Waals surface area contributed by atoms with Gasteiger partial charge in [0.05, 0.1) is 6.04 Å². The average Bonchev–Trinajstić information content (AvgIpc) is 2.81. The molecule has 1 unspecified atom stereocenters. The van der Waals surface area contributed by atoms with Gasteiger partial charge in [0.25, 0.3) is 0 Å². The van der Waals surface area contributed by atoms with E-state index in [2.05, 4.69) is 41.8 Å². The summed E-state index contributed by atoms with van der Waals surface area (Å²) in [6.07, 6.45) is 3.87. The Balaban J connectivity index is 1.64. The summed E-state index contributed by atoms with van der Waals surface area (Å²) in [5.74, 6) is 0.306. The van der Waals surface area contributed by atoms with Crippen LogP contribution < -0.4 is 10.6 Å². The van der Waals surface area contributed by atoms with Crippen molar-refractivity contribution in [1.82, 2.24) is 15.5 Å². The third kappa shape index (κ3) is 7.25. The molecule has 1 aliphatic heterocycles. The lowest BCUT2D eigenvalue weighted by Crippen LogP contribution is -2.51. The maximum Gasteiger partial charge on any atom is 0.243 e. The predicted molar refractivity (Wildman–Crippen MR) is 132 cm³/mol. The molecular weight excluding hydrogens is 434 g/mol. The minimum atomic E-state index is -0.375. The van der Waals surface area contributed by atoms with E-state index in [1.165, 1.54) is 11.1 Å². The van der Waals surface area contributed by atoms with Gasteiger partial charge in [0.2, 0.25) is 11.8 Å². The van der Waals surface area contributed by atoms with Gasteiger partial charge in [-0.05, 0) is 62.2 Å². The molecule has 1 heterocycles. The summed E-state index contributed by atoms with van der Waals surface area (Å²) in [6.45, 7) is 4.68. The Kier molecular flexibility index (Phi) is 9.66. The molecule has 1 saturated heterocycles. The molecule has 3 rings (SSSR count). The molecule has 176 valence electrons. The third-order valence-corrected chi connectivity index (χ3v) is 7.05. The van der Waals surface area contributed by atoms with Crippen LogP contribution in [-0.4, -0.2) is 49.2 Å². The Morgan fingerprint density at radius 2 is 1.88 bits per heavy atom. The van der Waals surface area contributed by atoms with Gasteiger partial charge in [-0.2, -0.15) is 0 Å². The van der Waals surface area contributed by atoms with E-state index in [0.29, 0.717) is 24.9 Å². The summed E-state index contributed by atoms with van der Waals surface area (Å²) in [5, 5.41) is 5.84. The number of carbonyl (C=O) groups is 3. The summed E-state index contributed by atoms with van der Waals surface area (Å²) in [4.78, 5) is 38.4. The molecule has 6 nitrogen and oxygen atoms in total. The van der Waals surface area contributed by atoms with Crippen molar-refractivity contribution in [3.05, 3.63) is 64.7 Å². The van der Waals surface area contributed by atoms with Crippen molar-refractivity contribution >= 4 is 29.9 Å². The van der Waals surface area contributed by atoms with Gasteiger partial charge < -0.3 is 5.32 Å². The Morgan fingerprint density at radius 3 is 2.58 bits per heavy atom. The number of hydrogen-bond donors (Lipinski definition) is 2. The minimum Gasteiger partial charge on any atom is -0.316 e. The summed E-state index contributed by atoms with van der Waals surface area (Å²) in [5.41, 5.74) is 4.10. The van der Waals surface area contributed by atoms with Crippen molar-refractivity contribution in [2.24, 2.45) is 0 Å². The van der Waals surface area contributed by atoms with Crippen molar-refractivity contribution in [2.75, 3.05) is 20.1 Å². The number of piperidine rings is 1. The molecule has 0 saturated carbocycles. The first-order valence-electron chi connectivity index (χ1n) is 11.5. The Labute approximate surface area is 200 Å². The Morgan fingerprint density at radius 1 is 1.12 bits per heavy atom. The number of imide groups is 1. The van der Waals surface area contributed by atoms with E-state index in [9.17, 15) is 14.4 Å². The fourth-order valence-corrected chi connectivity index (χ4v) is 5.00. The van der Waals surface area contributed by atoms with E-state index in [-0.39, 0.29) is 17.9 Å². The van der Waals surface area contributed by atoms with Gasteiger partial charge in [0.15, 0.2) is 0 Å². The fourth-order valence-electron chi connectivity index (χ4n) is 3.96. The molecule has 0 aromatic heterocycles. The number of nitrogens with zero attached hydrogens (tertiary/aromatic N) is 1. The zero-order valence-corrected chi connectivity index (χ0v) is 20.2. The summed E-state index contributed by atoms with van der Waals surface area (Å²) >= 11 is 1.70. The number of amides is 2. The highest BCUT2D eigenvalue weighted by Crippen LogP contribution is 2.30. The van der Waals surface area contributed by atoms with Crippen LogP contribution in [0.5, 0.6) is 0 Å². The van der Waals surface area contributed by atoms with E-state index in [1.807, 2.05) is 30.1 Å². The monoisotopic (exact) mass is 467 g/mol. The largest absolute Gasteiger partial charge is 0.316 e. The van der Waals surface area contributed by atoms with Crippen molar-refractivity contribution < 1.29 is 14.4 Å². The third-order valence-electron chi connectivity index (χ3n) is 5.88. The van der Waals surface area contributed by atoms with Crippen LogP contribution in [0.3, 0.4) is 0 Å². The van der Waals surface area contributed by atoms with Gasteiger partial charge in [0.1, 0.15) is 6.29 Å². The zero-order valence-electron chi connectivity index (χ0n) is 19.4. The molecule has 2 N–H and O–H groups in total. The van der Waals surface area contributed by atoms with Crippen LogP contribution in [0, 0.1) is 0 Å². The quantitative estimate of drug-likeness (QED) is 0.215. The second-order valence-corrected chi connectivity index (χ2v) is 9.45. The molecule has 7 heteroatoms. The van der Waals surface area contributed by atoms with E-state index >= 15 is 0 Å². The lowest BCUT2D eigenvalue weighted by atomic mass is 10.0. The molecule has 33 heavy (non-hydrogen) atoms. The number of nitrogens with one attached hydrogen (secondary N) is 2. The molecule has 2 aromatic carbocycles. The number of carbonyl (C=O) groups excluding carboxylic acids is 3. The molecule has 2 aromatic rings. The van der Waals surface area contributed by atoms with E-state index in [0.717, 1.165) is 48.4 Å². The zero-order chi connectivity index (χ0) is 23.6. The number of aldehydes is 1. The molecule has 1 fully saturated rings. The lowest BCUT2D eigenvalue weighted by Gasteiger charge is -2.30. The van der Waals surface area contributed by atoms with Gasteiger partial charge in [-0.3, -0.25) is 24.6 Å². The summed E-state index contributed by atoms with van der Waals surface area (Å²) in [6, 6.07) is 14.1. The number of hydrogen-bond acceptors (Lipinski definition) is 6. The maximum absolute atomic E-state index is 12.3. The SMILES string of the molecule is CCCNCCc1ccc(CSc2cccc(C=O)c2CN(C)C2CCC(=O)NC2=O)cc1. The van der Waals surface area contributed by atoms with Gasteiger partial charge in [-0.25, -0.2) is 0 Å². The lowest BCUT2D eigenvalue weighted by molar-refractivity contribution is -0.137. The fraction of sp³-hybridized carbons (Fsp3) is 0.423. The van der Waals surface area contributed by atoms with Crippen molar-refractivity contribution in [3.8, 4) is 0 Å². The van der Waals surface area contributed by atoms with Gasteiger partial charge >= 0.3 is 0 Å². The standard InChI is InChI=1S/C26H33N3O3S/c1-3-14-27-15-13-19-7-9-20(10-8-19)18-33-24-6-4-5-21(17-30)22(24)16-29(2)23-11-12-25(31)28-26(23)32/h4-10,17,23,27H,3,11-16,18H2,1-2H3,(H,28,31,32). The van der Waals surface area contributed by atoms with Crippen LogP contribution in [-0.2, 0) is 28.3 Å². The molecule has 2 amide bonds. The van der Waals surface area contributed by atoms with Crippen LogP contribution in [0.25, 0.3) is 0 Å². The molecule has 1 aliphatic rings. The van der Waals surface area contributed by atoms with Crippen molar-refractivity contribution in [2.45, 2.75) is 55.8 Å². The highest BCUT2D eigenvalue weighted by molar-refractivity contribution is 7.98. The van der Waals surface area contributed by atoms with Crippen LogP contribution in [0.2, 0.25) is 0 Å². The van der Waals surface area contributed by atoms with Crippen LogP contribution in [0.1, 0.15) is 53.2 Å². The highest BCUT2D eigenvalue weighted by Gasteiger charge is 2.30. The van der Waals surface area contributed by atoms with Gasteiger partial charge in [-0.15, -0.1) is 11.8 Å². The first kappa shape index (κ1) is 25.1. The molecule has 0 bridgehead atoms. The molecule has 0 radical (unpaired) electrons. The second kappa shape index (κ2) is 12.7. The van der Waals surface area contributed by atoms with E-state index in [1.54, 1.807) is 11.8 Å². The average molecular weight is 468 g/mol. The topological polar surface area (TPSA) is 78.5 Å². The Hall–Kier alpha value is -2.48. The van der Waals surface area contributed by atoms with Crippen LogP contribution in [0.4, 0.5) is 0 Å². The summed E-state index contributed by atoms with van der Waals surface area (Å²) in [7, 11) is 1.87. The molecule has 1 atom stereocenters. The maximum atomic E-state index is 12.3. The predicted octanol–water partition coefficient (Wildman–Crippen LogP) is 3.57. The first-order chi connectivity index (χ1) is 16.0. The number of benzene rings is 2. The highest BCUT2D eigenvalue weighted by atomic mass is 32.2. The molecule has 0 spiro atoms. The number of likely N-dealkylation sites (N-methyl/N-ethyl adjacent to an activating group) is 1. The first-order valence-corrected chi connectivity index (χ1v) is 12.5. The second-order valence-electron chi connectivity index (χ2n) is 8.43. The smallest absolute Gasteiger partial charge is 0.243 e. The molecule has 0 aliphatic carbocycles. The van der Waals surface area contributed by atoms with E-state index < -0.39 is 0 Å². The minimum absolute atomic E-state index is 0.225. The molecular formula is C26H33N3O3S. The summed E-state index contributed by atoms with van der Waals surface area (Å²) < 4.78 is 0. The van der Waals surface area contributed by atoms with Gasteiger partial charge in [-0.1, -0.05) is 43.3 Å². The van der Waals surface area contributed by atoms with Crippen LogP contribution >= 0.6 is 11.8 Å². The van der Waals surface area contributed by atoms with E-state index in [4.69, 9.17) is 0 Å². The number of thioether (sulfide) groups is 1. The number of rotatable bonds is 12. The van der Waals surface area contributed by atoms with Crippen molar-refractivity contribution in [1.29, 1.82) is 0 Å². The normalized spacial score (nSPS) is 16.2. The van der Waals surface area contributed by atoms with Gasteiger partial charge in [0, 0.05) is 29.2 Å². The Bertz CT molecular complexity index is 962.